The van der Waals surface area contributed by atoms with E-state index in [1.54, 1.807) is 0 Å². The number of halogens is 1. The van der Waals surface area contributed by atoms with Gasteiger partial charge in [-0.15, -0.1) is 0 Å². The molecule has 3 aromatic rings. The Bertz CT molecular complexity index is 845. The normalized spacial score (nSPS) is 14.0. The van der Waals surface area contributed by atoms with Crippen LogP contribution >= 0.6 is 11.6 Å². The van der Waals surface area contributed by atoms with E-state index in [1.165, 1.54) is 12.8 Å². The smallest absolute Gasteiger partial charge is 0.225 e. The van der Waals surface area contributed by atoms with Gasteiger partial charge < -0.3 is 10.6 Å². The van der Waals surface area contributed by atoms with E-state index in [-0.39, 0.29) is 0 Å². The average Bonchev–Trinajstić information content (AvgIpc) is 3.38. The summed E-state index contributed by atoms with van der Waals surface area (Å²) in [5, 5.41) is 8.58. The average molecular weight is 325 g/mol. The number of nitrogens with one attached hydrogen (secondary N) is 2. The van der Waals surface area contributed by atoms with Gasteiger partial charge in [-0.05, 0) is 36.6 Å². The Kier molecular flexibility index (Phi) is 3.75. The molecule has 0 aliphatic heterocycles. The zero-order valence-corrected chi connectivity index (χ0v) is 13.3. The van der Waals surface area contributed by atoms with E-state index in [0.29, 0.717) is 18.5 Å². The minimum atomic E-state index is 0.546. The number of rotatable bonds is 5. The molecule has 2 aromatic carbocycles. The number of benzene rings is 2. The maximum atomic E-state index is 6.20. The molecule has 0 radical (unpaired) electrons. The summed E-state index contributed by atoms with van der Waals surface area (Å²) in [5.41, 5.74) is 1.97. The number of fused-ring (bicyclic) bond motifs is 1. The molecule has 0 bridgehead atoms. The van der Waals surface area contributed by atoms with Crippen LogP contribution in [0.25, 0.3) is 10.9 Å². The molecule has 4 rings (SSSR count). The largest absolute Gasteiger partial charge is 0.367 e. The van der Waals surface area contributed by atoms with Crippen LogP contribution in [0.5, 0.6) is 0 Å². The first-order valence-corrected chi connectivity index (χ1v) is 8.18. The second kappa shape index (κ2) is 6.05. The van der Waals surface area contributed by atoms with Crippen molar-refractivity contribution in [2.75, 3.05) is 10.6 Å². The van der Waals surface area contributed by atoms with E-state index in [1.807, 2.05) is 42.5 Å². The molecule has 1 heterocycles. The van der Waals surface area contributed by atoms with Crippen LogP contribution in [0, 0.1) is 0 Å². The number of aromatic nitrogens is 2. The third-order valence-corrected chi connectivity index (χ3v) is 4.28. The minimum Gasteiger partial charge on any atom is -0.367 e. The molecule has 1 aromatic heterocycles. The summed E-state index contributed by atoms with van der Waals surface area (Å²) in [5.74, 6) is 1.52. The van der Waals surface area contributed by atoms with Gasteiger partial charge in [0, 0.05) is 23.0 Å². The molecule has 0 unspecified atom stereocenters. The molecule has 1 saturated carbocycles. The van der Waals surface area contributed by atoms with Gasteiger partial charge in [0.05, 0.1) is 5.52 Å². The molecular formula is C18H17ClN4. The van der Waals surface area contributed by atoms with E-state index in [9.17, 15) is 0 Å². The van der Waals surface area contributed by atoms with E-state index < -0.39 is 0 Å². The monoisotopic (exact) mass is 324 g/mol. The molecule has 0 amide bonds. The molecule has 23 heavy (non-hydrogen) atoms. The number of para-hydroxylation sites is 1. The summed E-state index contributed by atoms with van der Waals surface area (Å²) >= 11 is 6.20. The van der Waals surface area contributed by atoms with Crippen LogP contribution in [-0.4, -0.2) is 16.0 Å². The van der Waals surface area contributed by atoms with Crippen molar-refractivity contribution in [2.24, 2.45) is 0 Å². The van der Waals surface area contributed by atoms with Crippen molar-refractivity contribution >= 4 is 34.3 Å². The molecule has 2 N–H and O–H groups in total. The van der Waals surface area contributed by atoms with Crippen LogP contribution in [-0.2, 0) is 6.54 Å². The molecule has 1 aliphatic carbocycles. The first-order chi connectivity index (χ1) is 11.3. The molecule has 1 aliphatic rings. The van der Waals surface area contributed by atoms with Crippen LogP contribution in [0.15, 0.2) is 48.5 Å². The Morgan fingerprint density at radius 2 is 1.78 bits per heavy atom. The van der Waals surface area contributed by atoms with E-state index in [2.05, 4.69) is 26.7 Å². The van der Waals surface area contributed by atoms with Crippen LogP contribution < -0.4 is 10.6 Å². The molecule has 4 nitrogen and oxygen atoms in total. The van der Waals surface area contributed by atoms with Gasteiger partial charge in [-0.1, -0.05) is 41.9 Å². The van der Waals surface area contributed by atoms with Crippen molar-refractivity contribution in [2.45, 2.75) is 25.4 Å². The Labute approximate surface area is 139 Å². The van der Waals surface area contributed by atoms with Crippen molar-refractivity contribution in [3.8, 4) is 0 Å². The highest BCUT2D eigenvalue weighted by atomic mass is 35.5. The van der Waals surface area contributed by atoms with Crippen molar-refractivity contribution in [1.29, 1.82) is 0 Å². The zero-order valence-electron chi connectivity index (χ0n) is 12.6. The van der Waals surface area contributed by atoms with Gasteiger partial charge in [-0.3, -0.25) is 0 Å². The third-order valence-electron chi connectivity index (χ3n) is 3.92. The Balaban J connectivity index is 1.62. The van der Waals surface area contributed by atoms with E-state index in [4.69, 9.17) is 11.6 Å². The van der Waals surface area contributed by atoms with Crippen LogP contribution in [0.4, 0.5) is 11.8 Å². The van der Waals surface area contributed by atoms with E-state index in [0.717, 1.165) is 27.3 Å². The highest BCUT2D eigenvalue weighted by Crippen LogP contribution is 2.29. The van der Waals surface area contributed by atoms with Gasteiger partial charge in [-0.25, -0.2) is 4.98 Å². The summed E-state index contributed by atoms with van der Waals surface area (Å²) in [6.07, 6.45) is 2.42. The summed E-state index contributed by atoms with van der Waals surface area (Å²) in [7, 11) is 0. The Morgan fingerprint density at radius 1 is 1.00 bits per heavy atom. The third kappa shape index (κ3) is 3.22. The molecule has 0 spiro atoms. The fourth-order valence-electron chi connectivity index (χ4n) is 2.50. The Hall–Kier alpha value is -2.33. The van der Waals surface area contributed by atoms with Gasteiger partial charge in [0.15, 0.2) is 0 Å². The fraction of sp³-hybridized carbons (Fsp3) is 0.222. The summed E-state index contributed by atoms with van der Waals surface area (Å²) in [6, 6.07) is 16.4. The number of hydrogen-bond acceptors (Lipinski definition) is 4. The second-order valence-electron chi connectivity index (χ2n) is 5.78. The van der Waals surface area contributed by atoms with Gasteiger partial charge in [0.25, 0.3) is 0 Å². The molecule has 0 atom stereocenters. The molecule has 1 fully saturated rings. The lowest BCUT2D eigenvalue weighted by atomic mass is 10.2. The summed E-state index contributed by atoms with van der Waals surface area (Å²) in [4.78, 5) is 9.25. The minimum absolute atomic E-state index is 0.546. The molecule has 116 valence electrons. The van der Waals surface area contributed by atoms with Crippen molar-refractivity contribution < 1.29 is 0 Å². The first kappa shape index (κ1) is 14.3. The maximum Gasteiger partial charge on any atom is 0.225 e. The highest BCUT2D eigenvalue weighted by molar-refractivity contribution is 6.31. The molecule has 0 saturated heterocycles. The topological polar surface area (TPSA) is 49.8 Å². The summed E-state index contributed by atoms with van der Waals surface area (Å²) in [6.45, 7) is 0.598. The molecular weight excluding hydrogens is 308 g/mol. The number of anilines is 2. The zero-order chi connectivity index (χ0) is 15.6. The number of nitrogens with zero attached hydrogens (tertiary/aromatic N) is 2. The van der Waals surface area contributed by atoms with Gasteiger partial charge in [0.1, 0.15) is 5.82 Å². The SMILES string of the molecule is Clc1ccccc1CNc1nc(NC2CC2)c2ccccc2n1. The quantitative estimate of drug-likeness (QED) is 0.727. The van der Waals surface area contributed by atoms with Crippen LogP contribution in [0.1, 0.15) is 18.4 Å². The van der Waals surface area contributed by atoms with Crippen molar-refractivity contribution in [3.63, 3.8) is 0 Å². The van der Waals surface area contributed by atoms with Gasteiger partial charge >= 0.3 is 0 Å². The first-order valence-electron chi connectivity index (χ1n) is 7.80. The summed E-state index contributed by atoms with van der Waals surface area (Å²) < 4.78 is 0. The number of hydrogen-bond donors (Lipinski definition) is 2. The predicted molar refractivity (Wildman–Crippen MR) is 95.0 cm³/mol. The lowest BCUT2D eigenvalue weighted by Crippen LogP contribution is -2.09. The Morgan fingerprint density at radius 3 is 2.61 bits per heavy atom. The van der Waals surface area contributed by atoms with Crippen LogP contribution in [0.2, 0.25) is 5.02 Å². The standard InChI is InChI=1S/C18H17ClN4/c19-15-7-3-1-5-12(15)11-20-18-22-16-8-4-2-6-14(16)17(23-18)21-13-9-10-13/h1-8,13H,9-11H2,(H2,20,21,22,23). The van der Waals surface area contributed by atoms with Gasteiger partial charge in [0.2, 0.25) is 5.95 Å². The lowest BCUT2D eigenvalue weighted by Gasteiger charge is -2.12. The second-order valence-corrected chi connectivity index (χ2v) is 6.18. The van der Waals surface area contributed by atoms with Crippen molar-refractivity contribution in [3.05, 3.63) is 59.1 Å². The maximum absolute atomic E-state index is 6.20. The van der Waals surface area contributed by atoms with Gasteiger partial charge in [-0.2, -0.15) is 4.98 Å². The predicted octanol–water partition coefficient (Wildman–Crippen LogP) is 4.47. The lowest BCUT2D eigenvalue weighted by molar-refractivity contribution is 1.05. The van der Waals surface area contributed by atoms with E-state index >= 15 is 0 Å². The molecule has 5 heteroatoms. The van der Waals surface area contributed by atoms with Crippen LogP contribution in [0.3, 0.4) is 0 Å². The van der Waals surface area contributed by atoms with Crippen molar-refractivity contribution in [1.82, 2.24) is 9.97 Å². The fourth-order valence-corrected chi connectivity index (χ4v) is 2.71. The highest BCUT2D eigenvalue weighted by Gasteiger charge is 2.22.